The van der Waals surface area contributed by atoms with Crippen LogP contribution in [0.1, 0.15) is 26.2 Å². The van der Waals surface area contributed by atoms with E-state index in [1.54, 1.807) is 0 Å². The predicted molar refractivity (Wildman–Crippen MR) is 92.1 cm³/mol. The number of nitrogens with one attached hydrogen (secondary N) is 1. The monoisotopic (exact) mass is 290 g/mol. The number of rotatable bonds is 7. The summed E-state index contributed by atoms with van der Waals surface area (Å²) < 4.78 is 0. The molecule has 3 N–H and O–H groups in total. The lowest BCUT2D eigenvalue weighted by molar-refractivity contribution is 0.313. The number of piperazine rings is 1. The van der Waals surface area contributed by atoms with Gasteiger partial charge in [-0.25, -0.2) is 0 Å². The van der Waals surface area contributed by atoms with Gasteiger partial charge in [0, 0.05) is 50.1 Å². The Labute approximate surface area is 129 Å². The number of hydrogen-bond donors (Lipinski definition) is 2. The van der Waals surface area contributed by atoms with Crippen molar-refractivity contribution in [2.45, 2.75) is 32.2 Å². The third kappa shape index (κ3) is 5.21. The molecule has 1 saturated heterocycles. The fourth-order valence-corrected chi connectivity index (χ4v) is 2.67. The zero-order valence-corrected chi connectivity index (χ0v) is 13.5. The molecule has 0 amide bonds. The van der Waals surface area contributed by atoms with Gasteiger partial charge < -0.3 is 20.9 Å². The first-order valence-corrected chi connectivity index (χ1v) is 8.22. The van der Waals surface area contributed by atoms with Gasteiger partial charge in [-0.1, -0.05) is 19.8 Å². The summed E-state index contributed by atoms with van der Waals surface area (Å²) in [4.78, 5) is 4.83. The molecule has 21 heavy (non-hydrogen) atoms. The van der Waals surface area contributed by atoms with E-state index in [1.807, 2.05) is 0 Å². The quantitative estimate of drug-likeness (QED) is 0.809. The van der Waals surface area contributed by atoms with E-state index in [2.05, 4.69) is 53.4 Å². The largest absolute Gasteiger partial charge is 0.383 e. The van der Waals surface area contributed by atoms with Crippen LogP contribution in [0.15, 0.2) is 24.3 Å². The highest BCUT2D eigenvalue weighted by atomic mass is 15.2. The van der Waals surface area contributed by atoms with Crippen molar-refractivity contribution in [3.05, 3.63) is 24.3 Å². The van der Waals surface area contributed by atoms with Crippen LogP contribution in [0.25, 0.3) is 0 Å². The van der Waals surface area contributed by atoms with Crippen LogP contribution in [0.5, 0.6) is 0 Å². The van der Waals surface area contributed by atoms with Crippen molar-refractivity contribution in [3.8, 4) is 0 Å². The Morgan fingerprint density at radius 2 is 1.81 bits per heavy atom. The predicted octanol–water partition coefficient (Wildman–Crippen LogP) is 2.37. The molecule has 0 spiro atoms. The number of nitrogens with two attached hydrogens (primary N) is 1. The molecular weight excluding hydrogens is 260 g/mol. The summed E-state index contributed by atoms with van der Waals surface area (Å²) in [6.45, 7) is 7.58. The van der Waals surface area contributed by atoms with E-state index in [9.17, 15) is 0 Å². The van der Waals surface area contributed by atoms with Crippen molar-refractivity contribution in [3.63, 3.8) is 0 Å². The van der Waals surface area contributed by atoms with Gasteiger partial charge in [-0.05, 0) is 37.7 Å². The van der Waals surface area contributed by atoms with Gasteiger partial charge in [0.25, 0.3) is 0 Å². The van der Waals surface area contributed by atoms with Crippen LogP contribution >= 0.6 is 0 Å². The minimum absolute atomic E-state index is 0.252. The van der Waals surface area contributed by atoms with Crippen LogP contribution < -0.4 is 16.0 Å². The van der Waals surface area contributed by atoms with Crippen molar-refractivity contribution in [2.24, 2.45) is 5.73 Å². The molecule has 4 nitrogen and oxygen atoms in total. The highest BCUT2D eigenvalue weighted by Gasteiger charge is 2.13. The van der Waals surface area contributed by atoms with Gasteiger partial charge in [0.1, 0.15) is 0 Å². The second-order valence-corrected chi connectivity index (χ2v) is 6.12. The Morgan fingerprint density at radius 1 is 1.14 bits per heavy atom. The third-order valence-electron chi connectivity index (χ3n) is 4.23. The molecule has 1 aliphatic heterocycles. The van der Waals surface area contributed by atoms with Gasteiger partial charge in [0.15, 0.2) is 0 Å². The maximum absolute atomic E-state index is 6.09. The Bertz CT molecular complexity index is 396. The zero-order valence-electron chi connectivity index (χ0n) is 13.5. The van der Waals surface area contributed by atoms with E-state index in [0.717, 1.165) is 39.1 Å². The molecule has 0 saturated carbocycles. The molecule has 0 aliphatic carbocycles. The fourth-order valence-electron chi connectivity index (χ4n) is 2.67. The van der Waals surface area contributed by atoms with E-state index < -0.39 is 0 Å². The van der Waals surface area contributed by atoms with E-state index in [0.29, 0.717) is 0 Å². The van der Waals surface area contributed by atoms with E-state index in [-0.39, 0.29) is 6.04 Å². The maximum atomic E-state index is 6.09. The third-order valence-corrected chi connectivity index (χ3v) is 4.23. The van der Waals surface area contributed by atoms with Gasteiger partial charge >= 0.3 is 0 Å². The normalized spacial score (nSPS) is 17.8. The molecule has 1 fully saturated rings. The topological polar surface area (TPSA) is 44.5 Å². The molecule has 1 unspecified atom stereocenters. The summed E-state index contributed by atoms with van der Waals surface area (Å²) in [5, 5.41) is 3.44. The lowest BCUT2D eigenvalue weighted by Gasteiger charge is -2.34. The Balaban J connectivity index is 1.79. The van der Waals surface area contributed by atoms with Gasteiger partial charge in [-0.2, -0.15) is 0 Å². The highest BCUT2D eigenvalue weighted by Crippen LogP contribution is 2.19. The zero-order chi connectivity index (χ0) is 15.1. The molecule has 1 heterocycles. The first-order valence-electron chi connectivity index (χ1n) is 8.22. The van der Waals surface area contributed by atoms with Crippen LogP contribution in [0.3, 0.4) is 0 Å². The number of likely N-dealkylation sites (N-methyl/N-ethyl adjacent to an activating group) is 1. The molecule has 0 radical (unpaired) electrons. The Kier molecular flexibility index (Phi) is 6.33. The lowest BCUT2D eigenvalue weighted by Crippen LogP contribution is -2.44. The number of anilines is 2. The van der Waals surface area contributed by atoms with Crippen molar-refractivity contribution in [1.82, 2.24) is 4.90 Å². The van der Waals surface area contributed by atoms with Crippen molar-refractivity contribution in [2.75, 3.05) is 50.0 Å². The molecule has 0 aromatic heterocycles. The van der Waals surface area contributed by atoms with Crippen LogP contribution in [0.2, 0.25) is 0 Å². The Morgan fingerprint density at radius 3 is 2.43 bits per heavy atom. The van der Waals surface area contributed by atoms with Crippen LogP contribution in [-0.4, -0.2) is 50.7 Å². The highest BCUT2D eigenvalue weighted by molar-refractivity contribution is 5.55. The molecule has 4 heteroatoms. The molecule has 1 atom stereocenters. The molecule has 0 bridgehead atoms. The van der Waals surface area contributed by atoms with Gasteiger partial charge in [0.05, 0.1) is 0 Å². The molecule has 1 aromatic rings. The summed E-state index contributed by atoms with van der Waals surface area (Å²) in [6.07, 6.45) is 3.53. The van der Waals surface area contributed by atoms with E-state index in [4.69, 9.17) is 5.73 Å². The standard InChI is InChI=1S/C17H30N4/c1-3-4-5-15(18)14-19-16-6-8-17(9-7-16)21-12-10-20(2)11-13-21/h6-9,15,19H,3-5,10-14,18H2,1-2H3. The molecular formula is C17H30N4. The summed E-state index contributed by atoms with van der Waals surface area (Å²) in [6, 6.07) is 9.01. The van der Waals surface area contributed by atoms with Crippen molar-refractivity contribution >= 4 is 11.4 Å². The van der Waals surface area contributed by atoms with Crippen molar-refractivity contribution < 1.29 is 0 Å². The van der Waals surface area contributed by atoms with Crippen LogP contribution in [-0.2, 0) is 0 Å². The van der Waals surface area contributed by atoms with Gasteiger partial charge in [0.2, 0.25) is 0 Å². The van der Waals surface area contributed by atoms with E-state index >= 15 is 0 Å². The van der Waals surface area contributed by atoms with Gasteiger partial charge in [-0.3, -0.25) is 0 Å². The molecule has 118 valence electrons. The second-order valence-electron chi connectivity index (χ2n) is 6.12. The second kappa shape index (κ2) is 8.25. The first kappa shape index (κ1) is 16.1. The number of nitrogens with zero attached hydrogens (tertiary/aromatic N) is 2. The van der Waals surface area contributed by atoms with Crippen LogP contribution in [0.4, 0.5) is 11.4 Å². The maximum Gasteiger partial charge on any atom is 0.0368 e. The number of hydrogen-bond acceptors (Lipinski definition) is 4. The Hall–Kier alpha value is -1.26. The molecule has 2 rings (SSSR count). The minimum atomic E-state index is 0.252. The summed E-state index contributed by atoms with van der Waals surface area (Å²) in [5.41, 5.74) is 8.58. The van der Waals surface area contributed by atoms with Gasteiger partial charge in [-0.15, -0.1) is 0 Å². The number of benzene rings is 1. The van der Waals surface area contributed by atoms with Crippen molar-refractivity contribution in [1.29, 1.82) is 0 Å². The average Bonchev–Trinajstić information content (AvgIpc) is 2.52. The number of unbranched alkanes of at least 4 members (excludes halogenated alkanes) is 1. The SMILES string of the molecule is CCCCC(N)CNc1ccc(N2CCN(C)CC2)cc1. The summed E-state index contributed by atoms with van der Waals surface area (Å²) in [5.74, 6) is 0. The molecule has 1 aliphatic rings. The molecule has 1 aromatic carbocycles. The minimum Gasteiger partial charge on any atom is -0.383 e. The first-order chi connectivity index (χ1) is 10.2. The average molecular weight is 290 g/mol. The van der Waals surface area contributed by atoms with Crippen LogP contribution in [0, 0.1) is 0 Å². The smallest absolute Gasteiger partial charge is 0.0368 e. The lowest BCUT2D eigenvalue weighted by atomic mass is 10.1. The summed E-state index contributed by atoms with van der Waals surface area (Å²) in [7, 11) is 2.19. The summed E-state index contributed by atoms with van der Waals surface area (Å²) >= 11 is 0. The van der Waals surface area contributed by atoms with E-state index in [1.165, 1.54) is 24.2 Å². The fraction of sp³-hybridized carbons (Fsp3) is 0.647.